The first-order valence-corrected chi connectivity index (χ1v) is 9.21. The van der Waals surface area contributed by atoms with E-state index in [4.69, 9.17) is 0 Å². The highest BCUT2D eigenvalue weighted by atomic mass is 16.6. The minimum Gasteiger partial charge on any atom is -0.326 e. The average molecular weight is 406 g/mol. The zero-order chi connectivity index (χ0) is 21.4. The fourth-order valence-corrected chi connectivity index (χ4v) is 3.17. The first-order valence-electron chi connectivity index (χ1n) is 9.21. The predicted molar refractivity (Wildman–Crippen MR) is 109 cm³/mol. The number of aromatic nitrogens is 3. The van der Waals surface area contributed by atoms with E-state index in [1.165, 1.54) is 16.8 Å². The first kappa shape index (κ1) is 19.2. The van der Waals surface area contributed by atoms with E-state index in [-0.39, 0.29) is 24.0 Å². The van der Waals surface area contributed by atoms with Crippen LogP contribution in [0.5, 0.6) is 0 Å². The summed E-state index contributed by atoms with van der Waals surface area (Å²) in [7, 11) is 0. The molecule has 2 N–H and O–H groups in total. The van der Waals surface area contributed by atoms with Gasteiger partial charge in [0.05, 0.1) is 17.0 Å². The van der Waals surface area contributed by atoms with Gasteiger partial charge in [-0.3, -0.25) is 25.0 Å². The van der Waals surface area contributed by atoms with E-state index < -0.39 is 16.9 Å². The molecule has 0 aliphatic carbocycles. The smallest absolute Gasteiger partial charge is 0.271 e. The number of aryl methyl sites for hydroxylation is 2. The number of fused-ring (bicyclic) bond motifs is 1. The van der Waals surface area contributed by atoms with Crippen molar-refractivity contribution in [1.82, 2.24) is 14.8 Å². The molecule has 10 nitrogen and oxygen atoms in total. The molecule has 2 amide bonds. The van der Waals surface area contributed by atoms with Gasteiger partial charge >= 0.3 is 0 Å². The lowest BCUT2D eigenvalue weighted by molar-refractivity contribution is -0.384. The number of benzene rings is 2. The number of nitro groups is 1. The fourth-order valence-electron chi connectivity index (χ4n) is 3.17. The third-order valence-corrected chi connectivity index (χ3v) is 4.86. The molecule has 0 spiro atoms. The van der Waals surface area contributed by atoms with Crippen molar-refractivity contribution in [2.24, 2.45) is 0 Å². The summed E-state index contributed by atoms with van der Waals surface area (Å²) < 4.78 is 1.40. The van der Waals surface area contributed by atoms with Crippen LogP contribution in [0.15, 0.2) is 42.5 Å². The van der Waals surface area contributed by atoms with E-state index in [0.717, 1.165) is 11.1 Å². The van der Waals surface area contributed by atoms with E-state index in [2.05, 4.69) is 20.7 Å². The summed E-state index contributed by atoms with van der Waals surface area (Å²) in [4.78, 5) is 39.6. The Hall–Kier alpha value is -4.08. The monoisotopic (exact) mass is 406 g/mol. The van der Waals surface area contributed by atoms with Crippen molar-refractivity contribution in [1.29, 1.82) is 0 Å². The summed E-state index contributed by atoms with van der Waals surface area (Å²) in [5.74, 6) is -0.116. The summed E-state index contributed by atoms with van der Waals surface area (Å²) in [5.41, 5.74) is 2.77. The normalized spacial score (nSPS) is 14.9. The molecule has 0 unspecified atom stereocenters. The number of nitrogens with one attached hydrogen (secondary N) is 2. The second kappa shape index (κ2) is 7.39. The van der Waals surface area contributed by atoms with Gasteiger partial charge in [-0.15, -0.1) is 5.10 Å². The maximum atomic E-state index is 12.5. The summed E-state index contributed by atoms with van der Waals surface area (Å²) in [6.07, 6.45) is -0.183. The third kappa shape index (κ3) is 3.62. The molecular formula is C20H18N6O4. The van der Waals surface area contributed by atoms with Gasteiger partial charge in [-0.2, -0.15) is 4.98 Å². The minimum atomic E-state index is -0.856. The molecule has 30 heavy (non-hydrogen) atoms. The number of hydrogen-bond acceptors (Lipinski definition) is 6. The van der Waals surface area contributed by atoms with Crippen LogP contribution in [0.3, 0.4) is 0 Å². The molecule has 4 rings (SSSR count). The number of carbonyl (C=O) groups is 2. The molecule has 1 atom stereocenters. The number of nitrogens with zero attached hydrogens (tertiary/aromatic N) is 4. The fraction of sp³-hybridized carbons (Fsp3) is 0.200. The van der Waals surface area contributed by atoms with Crippen molar-refractivity contribution < 1.29 is 14.5 Å². The van der Waals surface area contributed by atoms with E-state index in [1.54, 1.807) is 13.0 Å². The van der Waals surface area contributed by atoms with Gasteiger partial charge in [-0.05, 0) is 19.4 Å². The Kier molecular flexibility index (Phi) is 4.74. The Morgan fingerprint density at radius 1 is 1.23 bits per heavy atom. The Balaban J connectivity index is 1.53. The van der Waals surface area contributed by atoms with Crippen LogP contribution in [-0.4, -0.2) is 31.5 Å². The molecule has 0 saturated heterocycles. The first-order chi connectivity index (χ1) is 14.3. The molecule has 0 radical (unpaired) electrons. The van der Waals surface area contributed by atoms with Crippen molar-refractivity contribution >= 4 is 29.1 Å². The van der Waals surface area contributed by atoms with Crippen LogP contribution in [0, 0.1) is 24.0 Å². The second-order valence-electron chi connectivity index (χ2n) is 7.08. The van der Waals surface area contributed by atoms with E-state index in [1.807, 2.05) is 31.2 Å². The molecule has 2 aromatic carbocycles. The zero-order valence-electron chi connectivity index (χ0n) is 16.2. The van der Waals surface area contributed by atoms with Crippen LogP contribution in [0.25, 0.3) is 11.4 Å². The van der Waals surface area contributed by atoms with Crippen LogP contribution in [-0.2, 0) is 9.59 Å². The molecule has 1 aliphatic rings. The Labute approximate surface area is 171 Å². The lowest BCUT2D eigenvalue weighted by Crippen LogP contribution is -2.24. The summed E-state index contributed by atoms with van der Waals surface area (Å²) in [6.45, 7) is 3.70. The Bertz CT molecular complexity index is 1170. The van der Waals surface area contributed by atoms with E-state index in [0.29, 0.717) is 17.1 Å². The molecule has 152 valence electrons. The van der Waals surface area contributed by atoms with Crippen molar-refractivity contribution in [2.45, 2.75) is 26.3 Å². The Morgan fingerprint density at radius 2 is 1.97 bits per heavy atom. The van der Waals surface area contributed by atoms with Crippen molar-refractivity contribution in [2.75, 3.05) is 10.6 Å². The molecule has 0 fully saturated rings. The van der Waals surface area contributed by atoms with Gasteiger partial charge < -0.3 is 5.32 Å². The number of rotatable bonds is 5. The summed E-state index contributed by atoms with van der Waals surface area (Å²) in [5, 5.41) is 20.6. The number of non-ortho nitro benzene ring substituents is 1. The highest BCUT2D eigenvalue weighted by Crippen LogP contribution is 2.29. The van der Waals surface area contributed by atoms with Crippen molar-refractivity contribution in [3.63, 3.8) is 0 Å². The Morgan fingerprint density at radius 3 is 2.67 bits per heavy atom. The number of amides is 2. The van der Waals surface area contributed by atoms with Crippen LogP contribution in [0.4, 0.5) is 17.3 Å². The SMILES string of the molecule is Cc1ccc(-c2nc3n(n2)[C@@H](CC(=O)Nc2cc([N+](=O)[O-])ccc2C)C(=O)N3)cc1. The van der Waals surface area contributed by atoms with Gasteiger partial charge in [-0.25, -0.2) is 4.68 Å². The minimum absolute atomic E-state index is 0.129. The van der Waals surface area contributed by atoms with Gasteiger partial charge in [0.2, 0.25) is 11.9 Å². The highest BCUT2D eigenvalue weighted by Gasteiger charge is 2.35. The van der Waals surface area contributed by atoms with E-state index >= 15 is 0 Å². The quantitative estimate of drug-likeness (QED) is 0.494. The number of nitro benzene ring substituents is 1. The lowest BCUT2D eigenvalue weighted by Gasteiger charge is -2.11. The summed E-state index contributed by atoms with van der Waals surface area (Å²) >= 11 is 0. The van der Waals surface area contributed by atoms with Crippen molar-refractivity contribution in [3.05, 3.63) is 63.7 Å². The summed E-state index contributed by atoms with van der Waals surface area (Å²) in [6, 6.07) is 11.0. The van der Waals surface area contributed by atoms with Gasteiger partial charge in [0.15, 0.2) is 5.82 Å². The third-order valence-electron chi connectivity index (χ3n) is 4.86. The molecule has 0 bridgehead atoms. The number of hydrogen-bond donors (Lipinski definition) is 2. The van der Waals surface area contributed by atoms with Crippen LogP contribution >= 0.6 is 0 Å². The van der Waals surface area contributed by atoms with Crippen molar-refractivity contribution in [3.8, 4) is 11.4 Å². The molecule has 2 heterocycles. The standard InChI is InChI=1S/C20H18N6O4/c1-11-3-6-13(7-4-11)18-22-20-23-19(28)16(25(20)24-18)10-17(27)21-15-9-14(26(29)30)8-5-12(15)2/h3-9,16H,10H2,1-2H3,(H,21,27)(H,22,23,24,28)/t16-/m0/s1. The van der Waals surface area contributed by atoms with Crippen LogP contribution in [0.2, 0.25) is 0 Å². The maximum Gasteiger partial charge on any atom is 0.271 e. The molecule has 1 aromatic heterocycles. The molecular weight excluding hydrogens is 388 g/mol. The van der Waals surface area contributed by atoms with Gasteiger partial charge in [0.1, 0.15) is 6.04 Å². The average Bonchev–Trinajstić information content (AvgIpc) is 3.22. The number of carbonyl (C=O) groups excluding carboxylic acids is 2. The lowest BCUT2D eigenvalue weighted by atomic mass is 10.1. The number of anilines is 2. The second-order valence-corrected chi connectivity index (χ2v) is 7.08. The molecule has 0 saturated carbocycles. The molecule has 10 heteroatoms. The van der Waals surface area contributed by atoms with E-state index in [9.17, 15) is 19.7 Å². The maximum absolute atomic E-state index is 12.5. The van der Waals surface area contributed by atoms with Gasteiger partial charge in [0, 0.05) is 17.7 Å². The highest BCUT2D eigenvalue weighted by molar-refractivity contribution is 6.01. The van der Waals surface area contributed by atoms with Crippen LogP contribution < -0.4 is 10.6 Å². The largest absolute Gasteiger partial charge is 0.326 e. The molecule has 3 aromatic rings. The molecule has 1 aliphatic heterocycles. The van der Waals surface area contributed by atoms with Gasteiger partial charge in [0.25, 0.3) is 11.6 Å². The zero-order valence-corrected chi connectivity index (χ0v) is 16.2. The van der Waals surface area contributed by atoms with Crippen LogP contribution in [0.1, 0.15) is 23.6 Å². The topological polar surface area (TPSA) is 132 Å². The van der Waals surface area contributed by atoms with Gasteiger partial charge in [-0.1, -0.05) is 35.9 Å². The predicted octanol–water partition coefficient (Wildman–Crippen LogP) is 2.99.